The quantitative estimate of drug-likeness (QED) is 0.309. The molecule has 4 rings (SSSR count). The van der Waals surface area contributed by atoms with Gasteiger partial charge in [0.1, 0.15) is 13.2 Å². The van der Waals surface area contributed by atoms with E-state index in [1.54, 1.807) is 54.6 Å². The summed E-state index contributed by atoms with van der Waals surface area (Å²) >= 11 is 10.0. The van der Waals surface area contributed by atoms with E-state index in [4.69, 9.17) is 21.1 Å². The van der Waals surface area contributed by atoms with Crippen LogP contribution in [-0.4, -0.2) is 35.6 Å². The summed E-state index contributed by atoms with van der Waals surface area (Å²) in [7, 11) is 1.52. The summed E-state index contributed by atoms with van der Waals surface area (Å²) in [5.74, 6) is -0.00479. The lowest BCUT2D eigenvalue weighted by atomic mass is 10.1. The molecular formula is C26H20BrClN2O5S. The van der Waals surface area contributed by atoms with Gasteiger partial charge in [0, 0.05) is 9.50 Å². The van der Waals surface area contributed by atoms with Crippen LogP contribution < -0.4 is 14.8 Å². The van der Waals surface area contributed by atoms with Crippen LogP contribution in [0.4, 0.5) is 10.5 Å². The lowest BCUT2D eigenvalue weighted by molar-refractivity contribution is -0.127. The first-order valence-electron chi connectivity index (χ1n) is 10.7. The predicted octanol–water partition coefficient (Wildman–Crippen LogP) is 6.37. The van der Waals surface area contributed by atoms with Gasteiger partial charge in [-0.05, 0) is 81.3 Å². The van der Waals surface area contributed by atoms with E-state index in [-0.39, 0.29) is 11.4 Å². The summed E-state index contributed by atoms with van der Waals surface area (Å²) in [5, 5.41) is 2.83. The van der Waals surface area contributed by atoms with Crippen LogP contribution in [0.1, 0.15) is 11.1 Å². The maximum Gasteiger partial charge on any atom is 0.294 e. The second-order valence-corrected chi connectivity index (χ2v) is 9.91. The molecule has 1 fully saturated rings. The summed E-state index contributed by atoms with van der Waals surface area (Å²) in [4.78, 5) is 38.9. The number of hydrogen-bond donors (Lipinski definition) is 1. The van der Waals surface area contributed by atoms with Gasteiger partial charge in [-0.1, -0.05) is 41.9 Å². The molecule has 1 aliphatic rings. The Labute approximate surface area is 225 Å². The number of anilines is 1. The first-order chi connectivity index (χ1) is 17.3. The molecule has 1 N–H and O–H groups in total. The Morgan fingerprint density at radius 1 is 1.08 bits per heavy atom. The minimum absolute atomic E-state index is 0.213. The molecule has 3 amide bonds. The molecule has 10 heteroatoms. The number of methoxy groups -OCH3 is 1. The zero-order valence-corrected chi connectivity index (χ0v) is 22.2. The summed E-state index contributed by atoms with van der Waals surface area (Å²) < 4.78 is 12.0. The van der Waals surface area contributed by atoms with Crippen molar-refractivity contribution in [1.29, 1.82) is 0 Å². The average Bonchev–Trinajstić information content (AvgIpc) is 3.12. The number of halogens is 2. The molecule has 0 bridgehead atoms. The van der Waals surface area contributed by atoms with Crippen LogP contribution in [0.2, 0.25) is 5.02 Å². The second kappa shape index (κ2) is 11.6. The molecule has 1 aliphatic heterocycles. The molecule has 0 radical (unpaired) electrons. The maximum absolute atomic E-state index is 12.8. The van der Waals surface area contributed by atoms with E-state index in [1.807, 2.05) is 18.2 Å². The Balaban J connectivity index is 1.43. The zero-order chi connectivity index (χ0) is 25.7. The third-order valence-corrected chi connectivity index (χ3v) is 6.97. The van der Waals surface area contributed by atoms with Crippen molar-refractivity contribution in [3.05, 3.63) is 92.3 Å². The minimum atomic E-state index is -0.533. The Morgan fingerprint density at radius 3 is 2.56 bits per heavy atom. The third-order valence-electron chi connectivity index (χ3n) is 5.12. The van der Waals surface area contributed by atoms with Crippen molar-refractivity contribution in [1.82, 2.24) is 4.90 Å². The normalized spacial score (nSPS) is 14.3. The topological polar surface area (TPSA) is 84.9 Å². The molecule has 0 aliphatic carbocycles. The molecule has 0 spiro atoms. The number of rotatable bonds is 8. The van der Waals surface area contributed by atoms with Crippen molar-refractivity contribution in [2.24, 2.45) is 0 Å². The maximum atomic E-state index is 12.8. The molecule has 0 aromatic heterocycles. The summed E-state index contributed by atoms with van der Waals surface area (Å²) in [6.45, 7) is -0.0580. The molecule has 3 aromatic carbocycles. The fourth-order valence-corrected chi connectivity index (χ4v) is 4.67. The first-order valence-corrected chi connectivity index (χ1v) is 12.7. The van der Waals surface area contributed by atoms with Crippen molar-refractivity contribution >= 4 is 68.1 Å². The molecule has 36 heavy (non-hydrogen) atoms. The number of nitrogens with zero attached hydrogens (tertiary/aromatic N) is 1. The van der Waals surface area contributed by atoms with Gasteiger partial charge in [0.05, 0.1) is 17.7 Å². The van der Waals surface area contributed by atoms with Crippen LogP contribution in [0.5, 0.6) is 11.5 Å². The average molecular weight is 588 g/mol. The smallest absolute Gasteiger partial charge is 0.294 e. The van der Waals surface area contributed by atoms with Crippen molar-refractivity contribution in [2.75, 3.05) is 19.0 Å². The van der Waals surface area contributed by atoms with Gasteiger partial charge in [-0.25, -0.2) is 0 Å². The number of carbonyl (C=O) groups excluding carboxylic acids is 3. The van der Waals surface area contributed by atoms with Gasteiger partial charge in [-0.2, -0.15) is 0 Å². The number of para-hydroxylation sites is 1. The van der Waals surface area contributed by atoms with Crippen molar-refractivity contribution < 1.29 is 23.9 Å². The number of nitrogens with one attached hydrogen (secondary N) is 1. The Kier molecular flexibility index (Phi) is 8.35. The van der Waals surface area contributed by atoms with Gasteiger partial charge in [-0.3, -0.25) is 19.3 Å². The lowest BCUT2D eigenvalue weighted by Gasteiger charge is -2.13. The molecular weight excluding hydrogens is 568 g/mol. The summed E-state index contributed by atoms with van der Waals surface area (Å²) in [6.07, 6.45) is 1.59. The largest absolute Gasteiger partial charge is 0.493 e. The van der Waals surface area contributed by atoms with Crippen LogP contribution >= 0.6 is 39.3 Å². The second-order valence-electron chi connectivity index (χ2n) is 7.62. The molecule has 0 saturated carbocycles. The molecule has 1 heterocycles. The predicted molar refractivity (Wildman–Crippen MR) is 144 cm³/mol. The number of hydrogen-bond acceptors (Lipinski definition) is 6. The zero-order valence-electron chi connectivity index (χ0n) is 19.0. The van der Waals surface area contributed by atoms with Crippen LogP contribution in [0, 0.1) is 0 Å². The highest BCUT2D eigenvalue weighted by molar-refractivity contribution is 9.10. The fourth-order valence-electron chi connectivity index (χ4n) is 3.32. The molecule has 7 nitrogen and oxygen atoms in total. The van der Waals surface area contributed by atoms with Crippen molar-refractivity contribution in [3.8, 4) is 11.5 Å². The van der Waals surface area contributed by atoms with Crippen molar-refractivity contribution in [3.63, 3.8) is 0 Å². The lowest BCUT2D eigenvalue weighted by Crippen LogP contribution is -2.36. The van der Waals surface area contributed by atoms with Gasteiger partial charge >= 0.3 is 0 Å². The minimum Gasteiger partial charge on any atom is -0.493 e. The van der Waals surface area contributed by atoms with Crippen LogP contribution in [0.3, 0.4) is 0 Å². The number of benzene rings is 3. The van der Waals surface area contributed by atoms with E-state index < -0.39 is 17.1 Å². The monoisotopic (exact) mass is 586 g/mol. The highest BCUT2D eigenvalue weighted by atomic mass is 79.9. The number of thioether (sulfide) groups is 1. The molecule has 1 saturated heterocycles. The number of imide groups is 1. The van der Waals surface area contributed by atoms with Crippen LogP contribution in [0.25, 0.3) is 6.08 Å². The Hall–Kier alpha value is -3.27. The van der Waals surface area contributed by atoms with E-state index in [2.05, 4.69) is 21.2 Å². The van der Waals surface area contributed by atoms with E-state index in [9.17, 15) is 14.4 Å². The van der Waals surface area contributed by atoms with E-state index >= 15 is 0 Å². The number of carbonyl (C=O) groups is 3. The highest BCUT2D eigenvalue weighted by Gasteiger charge is 2.36. The third kappa shape index (κ3) is 6.29. The standard InChI is InChI=1S/C26H20BrClN2O5S/c1-34-22-12-17(8-11-21(22)35-15-16-6-9-18(28)10-7-16)13-23-25(32)30(26(33)36-23)14-24(31)29-20-5-3-2-4-19(20)27/h2-13H,14-15H2,1H3,(H,29,31)/b23-13+. The van der Waals surface area contributed by atoms with Crippen LogP contribution in [-0.2, 0) is 16.2 Å². The SMILES string of the molecule is COc1cc(/C=C2/SC(=O)N(CC(=O)Nc3ccccc3Br)C2=O)ccc1OCc1ccc(Cl)cc1. The molecule has 0 unspecified atom stereocenters. The molecule has 184 valence electrons. The van der Waals surface area contributed by atoms with Gasteiger partial charge < -0.3 is 14.8 Å². The van der Waals surface area contributed by atoms with Gasteiger partial charge in [0.2, 0.25) is 5.91 Å². The van der Waals surface area contributed by atoms with E-state index in [1.165, 1.54) is 7.11 Å². The van der Waals surface area contributed by atoms with E-state index in [0.717, 1.165) is 22.2 Å². The number of ether oxygens (including phenoxy) is 2. The van der Waals surface area contributed by atoms with Gasteiger partial charge in [0.25, 0.3) is 11.1 Å². The molecule has 3 aromatic rings. The molecule has 0 atom stereocenters. The van der Waals surface area contributed by atoms with Gasteiger partial charge in [0.15, 0.2) is 11.5 Å². The Morgan fingerprint density at radius 2 is 1.83 bits per heavy atom. The first kappa shape index (κ1) is 25.8. The fraction of sp³-hybridized carbons (Fsp3) is 0.115. The highest BCUT2D eigenvalue weighted by Crippen LogP contribution is 2.35. The van der Waals surface area contributed by atoms with Gasteiger partial charge in [-0.15, -0.1) is 0 Å². The Bertz CT molecular complexity index is 1350. The number of amides is 3. The summed E-state index contributed by atoms with van der Waals surface area (Å²) in [5.41, 5.74) is 2.15. The summed E-state index contributed by atoms with van der Waals surface area (Å²) in [6, 6.07) is 19.6. The van der Waals surface area contributed by atoms with Crippen LogP contribution in [0.15, 0.2) is 76.1 Å². The van der Waals surface area contributed by atoms with Crippen molar-refractivity contribution in [2.45, 2.75) is 6.61 Å². The van der Waals surface area contributed by atoms with E-state index in [0.29, 0.717) is 38.9 Å².